The van der Waals surface area contributed by atoms with Crippen LogP contribution in [0.25, 0.3) is 10.6 Å². The highest BCUT2D eigenvalue weighted by atomic mass is 32.1. The van der Waals surface area contributed by atoms with Crippen LogP contribution in [-0.2, 0) is 9.53 Å². The molecule has 1 amide bonds. The molecule has 26 heavy (non-hydrogen) atoms. The summed E-state index contributed by atoms with van der Waals surface area (Å²) in [5, 5.41) is 11.7. The molecule has 2 unspecified atom stereocenters. The first-order valence-electron chi connectivity index (χ1n) is 8.28. The van der Waals surface area contributed by atoms with Gasteiger partial charge in [-0.25, -0.2) is 9.78 Å². The Hall–Kier alpha value is -2.45. The third-order valence-electron chi connectivity index (χ3n) is 4.28. The molecule has 1 saturated heterocycles. The summed E-state index contributed by atoms with van der Waals surface area (Å²) < 4.78 is 10.6. The molecule has 1 aliphatic heterocycles. The lowest BCUT2D eigenvalue weighted by atomic mass is 10.2. The summed E-state index contributed by atoms with van der Waals surface area (Å²) in [5.74, 6) is -0.638. The molecular formula is C18H20N2O5S. The van der Waals surface area contributed by atoms with Gasteiger partial charge in [-0.3, -0.25) is 4.79 Å². The second-order valence-electron chi connectivity index (χ2n) is 5.90. The van der Waals surface area contributed by atoms with Crippen LogP contribution in [0, 0.1) is 0 Å². The third kappa shape index (κ3) is 3.71. The number of nitrogens with zero attached hydrogens (tertiary/aromatic N) is 2. The molecule has 0 bridgehead atoms. The Balaban J connectivity index is 1.78. The van der Waals surface area contributed by atoms with Crippen molar-refractivity contribution < 1.29 is 24.2 Å². The summed E-state index contributed by atoms with van der Waals surface area (Å²) in [6.45, 7) is 2.77. The smallest absolute Gasteiger partial charge is 0.326 e. The fourth-order valence-electron chi connectivity index (χ4n) is 2.94. The predicted octanol–water partition coefficient (Wildman–Crippen LogP) is 2.52. The van der Waals surface area contributed by atoms with Crippen molar-refractivity contribution in [3.05, 3.63) is 35.3 Å². The summed E-state index contributed by atoms with van der Waals surface area (Å²) in [6, 6.07) is 6.59. The molecule has 8 heteroatoms. The molecule has 2 heterocycles. The van der Waals surface area contributed by atoms with Crippen molar-refractivity contribution in [1.29, 1.82) is 0 Å². The van der Waals surface area contributed by atoms with E-state index in [1.54, 1.807) is 5.38 Å². The lowest BCUT2D eigenvalue weighted by Gasteiger charge is -2.19. The van der Waals surface area contributed by atoms with Crippen LogP contribution in [0.2, 0.25) is 0 Å². The summed E-state index contributed by atoms with van der Waals surface area (Å²) in [4.78, 5) is 29.9. The molecule has 1 N–H and O–H groups in total. The molecule has 0 aliphatic carbocycles. The van der Waals surface area contributed by atoms with Gasteiger partial charge in [-0.05, 0) is 31.2 Å². The standard InChI is InChI=1S/C18H20N2O5S/c1-3-25-12-6-4-11(5-7-12)16-19-14(10-26-16)17(21)20-9-13(24-2)8-15(20)18(22)23/h4-7,10,13,15H,3,8-9H2,1-2H3,(H,22,23). The Kier molecular flexibility index (Phi) is 5.53. The van der Waals surface area contributed by atoms with Crippen LogP contribution in [0.3, 0.4) is 0 Å². The molecule has 0 saturated carbocycles. The number of aromatic nitrogens is 1. The quantitative estimate of drug-likeness (QED) is 0.833. The highest BCUT2D eigenvalue weighted by Gasteiger charge is 2.40. The number of carbonyl (C=O) groups excluding carboxylic acids is 1. The van der Waals surface area contributed by atoms with E-state index >= 15 is 0 Å². The second kappa shape index (κ2) is 7.84. The van der Waals surface area contributed by atoms with E-state index in [-0.39, 0.29) is 30.7 Å². The molecule has 138 valence electrons. The Labute approximate surface area is 155 Å². The van der Waals surface area contributed by atoms with Crippen molar-refractivity contribution in [2.24, 2.45) is 0 Å². The van der Waals surface area contributed by atoms with Crippen molar-refractivity contribution >= 4 is 23.2 Å². The monoisotopic (exact) mass is 376 g/mol. The highest BCUT2D eigenvalue weighted by molar-refractivity contribution is 7.13. The van der Waals surface area contributed by atoms with Gasteiger partial charge in [-0.1, -0.05) is 0 Å². The third-order valence-corrected chi connectivity index (χ3v) is 5.17. The van der Waals surface area contributed by atoms with Crippen LogP contribution >= 0.6 is 11.3 Å². The maximum absolute atomic E-state index is 12.7. The van der Waals surface area contributed by atoms with Gasteiger partial charge < -0.3 is 19.5 Å². The number of hydrogen-bond donors (Lipinski definition) is 1. The number of hydrogen-bond acceptors (Lipinski definition) is 6. The topological polar surface area (TPSA) is 89.0 Å². The molecule has 1 fully saturated rings. The van der Waals surface area contributed by atoms with Gasteiger partial charge in [0.2, 0.25) is 0 Å². The molecular weight excluding hydrogens is 356 g/mol. The molecule has 1 aromatic carbocycles. The number of amides is 1. The highest BCUT2D eigenvalue weighted by Crippen LogP contribution is 2.28. The van der Waals surface area contributed by atoms with Crippen LogP contribution in [0.4, 0.5) is 0 Å². The number of rotatable bonds is 6. The number of aliphatic carboxylic acids is 1. The normalized spacial score (nSPS) is 19.5. The molecule has 0 spiro atoms. The summed E-state index contributed by atoms with van der Waals surface area (Å²) in [5.41, 5.74) is 1.13. The van der Waals surface area contributed by atoms with Crippen LogP contribution in [0.5, 0.6) is 5.75 Å². The zero-order valence-electron chi connectivity index (χ0n) is 14.5. The van der Waals surface area contributed by atoms with Gasteiger partial charge in [-0.2, -0.15) is 0 Å². The van der Waals surface area contributed by atoms with Gasteiger partial charge in [0.1, 0.15) is 22.5 Å². The van der Waals surface area contributed by atoms with Crippen LogP contribution in [0.1, 0.15) is 23.8 Å². The van der Waals surface area contributed by atoms with E-state index in [0.29, 0.717) is 11.6 Å². The SMILES string of the molecule is CCOc1ccc(-c2nc(C(=O)N3CC(OC)CC3C(=O)O)cs2)cc1. The van der Waals surface area contributed by atoms with Gasteiger partial charge >= 0.3 is 5.97 Å². The Morgan fingerprint density at radius 1 is 1.35 bits per heavy atom. The van der Waals surface area contributed by atoms with Gasteiger partial charge in [0.05, 0.1) is 12.7 Å². The minimum atomic E-state index is -1.03. The number of ether oxygens (including phenoxy) is 2. The number of likely N-dealkylation sites (tertiary alicyclic amines) is 1. The number of methoxy groups -OCH3 is 1. The van der Waals surface area contributed by atoms with E-state index in [4.69, 9.17) is 9.47 Å². The van der Waals surface area contributed by atoms with E-state index in [9.17, 15) is 14.7 Å². The zero-order chi connectivity index (χ0) is 18.7. The Morgan fingerprint density at radius 3 is 2.69 bits per heavy atom. The van der Waals surface area contributed by atoms with Crippen molar-refractivity contribution in [3.63, 3.8) is 0 Å². The molecule has 1 aromatic heterocycles. The second-order valence-corrected chi connectivity index (χ2v) is 6.76. The van der Waals surface area contributed by atoms with Crippen LogP contribution < -0.4 is 4.74 Å². The first kappa shape index (κ1) is 18.3. The Morgan fingerprint density at radius 2 is 2.08 bits per heavy atom. The van der Waals surface area contributed by atoms with E-state index in [0.717, 1.165) is 11.3 Å². The van der Waals surface area contributed by atoms with E-state index in [1.807, 2.05) is 31.2 Å². The lowest BCUT2D eigenvalue weighted by Crippen LogP contribution is -2.40. The molecule has 7 nitrogen and oxygen atoms in total. The summed E-state index contributed by atoms with van der Waals surface area (Å²) >= 11 is 1.35. The van der Waals surface area contributed by atoms with Gasteiger partial charge in [0.25, 0.3) is 5.91 Å². The first-order valence-corrected chi connectivity index (χ1v) is 9.16. The maximum atomic E-state index is 12.7. The van der Waals surface area contributed by atoms with E-state index < -0.39 is 12.0 Å². The van der Waals surface area contributed by atoms with Gasteiger partial charge in [0.15, 0.2) is 0 Å². The molecule has 1 aliphatic rings. The summed E-state index contributed by atoms with van der Waals surface area (Å²) in [6.07, 6.45) is 0.0113. The molecule has 3 rings (SSSR count). The number of carboxylic acid groups (broad SMARTS) is 1. The van der Waals surface area contributed by atoms with Crippen molar-refractivity contribution in [3.8, 4) is 16.3 Å². The molecule has 0 radical (unpaired) electrons. The average Bonchev–Trinajstić information content (AvgIpc) is 3.29. The minimum Gasteiger partial charge on any atom is -0.494 e. The van der Waals surface area contributed by atoms with Gasteiger partial charge in [0, 0.05) is 31.0 Å². The van der Waals surface area contributed by atoms with E-state index in [2.05, 4.69) is 4.98 Å². The summed E-state index contributed by atoms with van der Waals surface area (Å²) in [7, 11) is 1.52. The van der Waals surface area contributed by atoms with Crippen LogP contribution in [0.15, 0.2) is 29.6 Å². The number of carboxylic acids is 1. The molecule has 2 aromatic rings. The number of thiazole rings is 1. The first-order chi connectivity index (χ1) is 12.5. The predicted molar refractivity (Wildman–Crippen MR) is 96.6 cm³/mol. The number of carbonyl (C=O) groups is 2. The lowest BCUT2D eigenvalue weighted by molar-refractivity contribution is -0.141. The van der Waals surface area contributed by atoms with Crippen molar-refractivity contribution in [2.45, 2.75) is 25.5 Å². The fourth-order valence-corrected chi connectivity index (χ4v) is 3.74. The van der Waals surface area contributed by atoms with Gasteiger partial charge in [-0.15, -0.1) is 11.3 Å². The molecule has 2 atom stereocenters. The van der Waals surface area contributed by atoms with Crippen LogP contribution in [-0.4, -0.2) is 59.3 Å². The largest absolute Gasteiger partial charge is 0.494 e. The zero-order valence-corrected chi connectivity index (χ0v) is 15.4. The fraction of sp³-hybridized carbons (Fsp3) is 0.389. The minimum absolute atomic E-state index is 0.252. The van der Waals surface area contributed by atoms with E-state index in [1.165, 1.54) is 23.3 Å². The van der Waals surface area contributed by atoms with Crippen molar-refractivity contribution in [2.75, 3.05) is 20.3 Å². The maximum Gasteiger partial charge on any atom is 0.326 e. The Bertz CT molecular complexity index is 789. The average molecular weight is 376 g/mol. The number of benzene rings is 1. The van der Waals surface area contributed by atoms with Crippen molar-refractivity contribution in [1.82, 2.24) is 9.88 Å².